The highest BCUT2D eigenvalue weighted by atomic mass is 32.2. The number of hydrogen-bond donors (Lipinski definition) is 1. The predicted octanol–water partition coefficient (Wildman–Crippen LogP) is 4.42. The van der Waals surface area contributed by atoms with Gasteiger partial charge in [-0.15, -0.1) is 0 Å². The molecule has 7 nitrogen and oxygen atoms in total. The quantitative estimate of drug-likeness (QED) is 0.369. The molecule has 0 aliphatic rings. The molecule has 4 rings (SSSR count). The number of hydrogen-bond acceptors (Lipinski definition) is 6. The Labute approximate surface area is 183 Å². The van der Waals surface area contributed by atoms with Crippen LogP contribution in [0.2, 0.25) is 0 Å². The van der Waals surface area contributed by atoms with Crippen molar-refractivity contribution in [2.45, 2.75) is 38.1 Å². The van der Waals surface area contributed by atoms with E-state index in [1.54, 1.807) is 36.6 Å². The van der Waals surface area contributed by atoms with Crippen LogP contribution in [-0.4, -0.2) is 25.9 Å². The average Bonchev–Trinajstić information content (AvgIpc) is 3.14. The van der Waals surface area contributed by atoms with Crippen molar-refractivity contribution in [1.82, 2.24) is 14.7 Å². The van der Waals surface area contributed by atoms with E-state index in [1.165, 1.54) is 11.8 Å². The van der Waals surface area contributed by atoms with E-state index in [-0.39, 0.29) is 11.5 Å². The molecular weight excluding hydrogens is 412 g/mol. The lowest BCUT2D eigenvalue weighted by Crippen LogP contribution is -2.26. The molecule has 2 heterocycles. The number of carbonyl (C=O) groups is 1. The molecule has 0 aliphatic carbocycles. The van der Waals surface area contributed by atoms with Gasteiger partial charge in [0.15, 0.2) is 11.0 Å². The molecule has 0 bridgehead atoms. The van der Waals surface area contributed by atoms with Crippen molar-refractivity contribution in [2.24, 2.45) is 0 Å². The number of rotatable bonds is 5. The van der Waals surface area contributed by atoms with Gasteiger partial charge < -0.3 is 9.84 Å². The van der Waals surface area contributed by atoms with Gasteiger partial charge in [0.25, 0.3) is 5.56 Å². The van der Waals surface area contributed by atoms with Gasteiger partial charge in [-0.1, -0.05) is 46.7 Å². The Bertz CT molecular complexity index is 1340. The number of benzene rings is 2. The van der Waals surface area contributed by atoms with Crippen molar-refractivity contribution in [3.8, 4) is 5.69 Å². The molecule has 0 fully saturated rings. The van der Waals surface area contributed by atoms with E-state index in [9.17, 15) is 9.59 Å². The molecule has 2 aromatic heterocycles. The molecule has 1 unspecified atom stereocenters. The largest absolute Gasteiger partial charge is 0.360 e. The second-order valence-corrected chi connectivity index (χ2v) is 8.72. The number of amides is 1. The normalized spacial score (nSPS) is 12.1. The highest BCUT2D eigenvalue weighted by molar-refractivity contribution is 8.00. The molecular formula is C23H22N4O3S. The zero-order valence-electron chi connectivity index (χ0n) is 17.7. The van der Waals surface area contributed by atoms with Gasteiger partial charge in [0.2, 0.25) is 5.91 Å². The molecule has 8 heteroatoms. The molecule has 4 aromatic rings. The summed E-state index contributed by atoms with van der Waals surface area (Å²) in [4.78, 5) is 30.8. The maximum absolute atomic E-state index is 13.4. The highest BCUT2D eigenvalue weighted by Crippen LogP contribution is 2.27. The fourth-order valence-corrected chi connectivity index (χ4v) is 4.24. The Kier molecular flexibility index (Phi) is 5.65. The van der Waals surface area contributed by atoms with Crippen LogP contribution in [-0.2, 0) is 4.79 Å². The number of nitrogens with one attached hydrogen (secondary N) is 1. The first-order valence-electron chi connectivity index (χ1n) is 9.84. The van der Waals surface area contributed by atoms with Gasteiger partial charge in [-0.2, -0.15) is 0 Å². The summed E-state index contributed by atoms with van der Waals surface area (Å²) in [5, 5.41) is 6.99. The number of aryl methyl sites for hydroxylation is 3. The summed E-state index contributed by atoms with van der Waals surface area (Å²) >= 11 is 1.22. The standard InChI is InChI=1S/C23H22N4O3S/c1-13-9-10-19(14(2)11-13)27-22(29)17-7-5-6-8-18(17)24-23(27)31-16(4)21(28)25-20-12-15(3)30-26-20/h5-12,16H,1-4H3,(H,25,26,28). The lowest BCUT2D eigenvalue weighted by atomic mass is 10.1. The number of para-hydroxylation sites is 1. The maximum Gasteiger partial charge on any atom is 0.266 e. The van der Waals surface area contributed by atoms with E-state index in [0.29, 0.717) is 27.6 Å². The first-order valence-corrected chi connectivity index (χ1v) is 10.7. The number of thioether (sulfide) groups is 1. The Morgan fingerprint density at radius 3 is 2.61 bits per heavy atom. The Hall–Kier alpha value is -3.39. The molecule has 31 heavy (non-hydrogen) atoms. The van der Waals surface area contributed by atoms with Crippen LogP contribution in [0.3, 0.4) is 0 Å². The minimum atomic E-state index is -0.526. The molecule has 0 saturated heterocycles. The lowest BCUT2D eigenvalue weighted by Gasteiger charge is -2.17. The third kappa shape index (κ3) is 4.25. The molecule has 1 atom stereocenters. The zero-order chi connectivity index (χ0) is 22.1. The van der Waals surface area contributed by atoms with Crippen LogP contribution in [0, 0.1) is 20.8 Å². The van der Waals surface area contributed by atoms with Gasteiger partial charge in [0, 0.05) is 6.07 Å². The van der Waals surface area contributed by atoms with E-state index >= 15 is 0 Å². The van der Waals surface area contributed by atoms with E-state index in [4.69, 9.17) is 9.51 Å². The predicted molar refractivity (Wildman–Crippen MR) is 122 cm³/mol. The van der Waals surface area contributed by atoms with Crippen molar-refractivity contribution >= 4 is 34.4 Å². The zero-order valence-corrected chi connectivity index (χ0v) is 18.5. The Morgan fingerprint density at radius 1 is 1.13 bits per heavy atom. The third-order valence-corrected chi connectivity index (χ3v) is 5.92. The van der Waals surface area contributed by atoms with Crippen molar-refractivity contribution in [3.63, 3.8) is 0 Å². The lowest BCUT2D eigenvalue weighted by molar-refractivity contribution is -0.115. The molecule has 2 aromatic carbocycles. The molecule has 158 valence electrons. The average molecular weight is 435 g/mol. The summed E-state index contributed by atoms with van der Waals surface area (Å²) in [7, 11) is 0. The molecule has 0 spiro atoms. The van der Waals surface area contributed by atoms with Crippen LogP contribution in [0.5, 0.6) is 0 Å². The molecule has 0 saturated carbocycles. The summed E-state index contributed by atoms with van der Waals surface area (Å²) in [6.45, 7) is 7.48. The Morgan fingerprint density at radius 2 is 1.90 bits per heavy atom. The number of aromatic nitrogens is 3. The van der Waals surface area contributed by atoms with Crippen LogP contribution in [0.4, 0.5) is 5.82 Å². The smallest absolute Gasteiger partial charge is 0.266 e. The van der Waals surface area contributed by atoms with Gasteiger partial charge in [-0.05, 0) is 51.5 Å². The third-order valence-electron chi connectivity index (χ3n) is 4.87. The first-order chi connectivity index (χ1) is 14.8. The van der Waals surface area contributed by atoms with Crippen LogP contribution < -0.4 is 10.9 Å². The van der Waals surface area contributed by atoms with Gasteiger partial charge in [-0.3, -0.25) is 14.2 Å². The van der Waals surface area contributed by atoms with Crippen LogP contribution >= 0.6 is 11.8 Å². The van der Waals surface area contributed by atoms with E-state index < -0.39 is 5.25 Å². The number of anilines is 1. The minimum absolute atomic E-state index is 0.167. The highest BCUT2D eigenvalue weighted by Gasteiger charge is 2.21. The fourth-order valence-electron chi connectivity index (χ4n) is 3.32. The fraction of sp³-hybridized carbons (Fsp3) is 0.217. The number of nitrogens with zero attached hydrogens (tertiary/aromatic N) is 3. The summed E-state index contributed by atoms with van der Waals surface area (Å²) < 4.78 is 6.59. The van der Waals surface area contributed by atoms with Crippen LogP contribution in [0.15, 0.2) is 63.0 Å². The molecule has 1 amide bonds. The van der Waals surface area contributed by atoms with Crippen molar-refractivity contribution in [1.29, 1.82) is 0 Å². The summed E-state index contributed by atoms with van der Waals surface area (Å²) in [6, 6.07) is 14.8. The van der Waals surface area contributed by atoms with Crippen LogP contribution in [0.25, 0.3) is 16.6 Å². The van der Waals surface area contributed by atoms with Crippen molar-refractivity contribution < 1.29 is 9.32 Å². The second kappa shape index (κ2) is 8.39. The molecule has 1 N–H and O–H groups in total. The van der Waals surface area contributed by atoms with E-state index in [2.05, 4.69) is 10.5 Å². The molecule has 0 aliphatic heterocycles. The van der Waals surface area contributed by atoms with Gasteiger partial charge in [-0.25, -0.2) is 4.98 Å². The van der Waals surface area contributed by atoms with Crippen LogP contribution in [0.1, 0.15) is 23.8 Å². The summed E-state index contributed by atoms with van der Waals surface area (Å²) in [5.74, 6) is 0.705. The molecule has 0 radical (unpaired) electrons. The number of carbonyl (C=O) groups excluding carboxylic acids is 1. The van der Waals surface area contributed by atoms with E-state index in [1.807, 2.05) is 44.2 Å². The number of fused-ring (bicyclic) bond motifs is 1. The monoisotopic (exact) mass is 434 g/mol. The Balaban J connectivity index is 1.77. The van der Waals surface area contributed by atoms with Gasteiger partial charge in [0.05, 0.1) is 21.8 Å². The maximum atomic E-state index is 13.4. The van der Waals surface area contributed by atoms with Gasteiger partial charge in [0.1, 0.15) is 5.76 Å². The van der Waals surface area contributed by atoms with Crippen molar-refractivity contribution in [2.75, 3.05) is 5.32 Å². The summed E-state index contributed by atoms with van der Waals surface area (Å²) in [5.41, 5.74) is 3.23. The minimum Gasteiger partial charge on any atom is -0.360 e. The van der Waals surface area contributed by atoms with Crippen molar-refractivity contribution in [3.05, 3.63) is 75.8 Å². The van der Waals surface area contributed by atoms with Gasteiger partial charge >= 0.3 is 0 Å². The second-order valence-electron chi connectivity index (χ2n) is 7.41. The summed E-state index contributed by atoms with van der Waals surface area (Å²) in [6.07, 6.45) is 0. The first kappa shape index (κ1) is 20.9. The van der Waals surface area contributed by atoms with E-state index in [0.717, 1.165) is 16.8 Å². The topological polar surface area (TPSA) is 90.0 Å². The SMILES string of the molecule is Cc1ccc(-n2c(SC(C)C(=O)Nc3cc(C)on3)nc3ccccc3c2=O)c(C)c1.